The lowest BCUT2D eigenvalue weighted by atomic mass is 10.1. The van der Waals surface area contributed by atoms with Crippen molar-refractivity contribution < 1.29 is 13.6 Å². The van der Waals surface area contributed by atoms with E-state index in [4.69, 9.17) is 8.83 Å². The van der Waals surface area contributed by atoms with Crippen LogP contribution in [-0.2, 0) is 0 Å². The SMILES string of the molecule is CC(=O)c1cc2ccccc2oc1=O.O=c1ccc2ccccc2o1. The Balaban J connectivity index is 0.000000150. The molecule has 0 bridgehead atoms. The highest BCUT2D eigenvalue weighted by molar-refractivity contribution is 5.96. The largest absolute Gasteiger partial charge is 0.423 e. The molecule has 5 heteroatoms. The number of para-hydroxylation sites is 2. The van der Waals surface area contributed by atoms with E-state index in [0.29, 0.717) is 11.2 Å². The van der Waals surface area contributed by atoms with Crippen molar-refractivity contribution in [3.8, 4) is 0 Å². The van der Waals surface area contributed by atoms with Crippen LogP contribution in [0.2, 0.25) is 0 Å². The van der Waals surface area contributed by atoms with E-state index in [2.05, 4.69) is 0 Å². The number of carbonyl (C=O) groups excluding carboxylic acids is 1. The van der Waals surface area contributed by atoms with Gasteiger partial charge >= 0.3 is 11.3 Å². The van der Waals surface area contributed by atoms with E-state index in [1.165, 1.54) is 13.0 Å². The quantitative estimate of drug-likeness (QED) is 0.391. The second-order valence-electron chi connectivity index (χ2n) is 5.33. The Hall–Kier alpha value is -3.47. The van der Waals surface area contributed by atoms with E-state index in [1.807, 2.05) is 24.3 Å². The Morgan fingerprint density at radius 3 is 2.04 bits per heavy atom. The van der Waals surface area contributed by atoms with Gasteiger partial charge in [-0.05, 0) is 31.2 Å². The summed E-state index contributed by atoms with van der Waals surface area (Å²) in [4.78, 5) is 33.1. The maximum absolute atomic E-state index is 11.3. The average Bonchev–Trinajstić information content (AvgIpc) is 2.61. The van der Waals surface area contributed by atoms with Gasteiger partial charge in [0.1, 0.15) is 16.7 Å². The number of ketones is 1. The van der Waals surface area contributed by atoms with E-state index < -0.39 is 5.63 Å². The van der Waals surface area contributed by atoms with Gasteiger partial charge in [-0.25, -0.2) is 9.59 Å². The monoisotopic (exact) mass is 334 g/mol. The summed E-state index contributed by atoms with van der Waals surface area (Å²) in [5, 5.41) is 1.71. The van der Waals surface area contributed by atoms with Gasteiger partial charge in [-0.3, -0.25) is 4.79 Å². The third-order valence-corrected chi connectivity index (χ3v) is 3.55. The minimum atomic E-state index is -0.573. The number of carbonyl (C=O) groups is 1. The lowest BCUT2D eigenvalue weighted by Crippen LogP contribution is -2.10. The van der Waals surface area contributed by atoms with Crippen molar-refractivity contribution in [3.63, 3.8) is 0 Å². The second kappa shape index (κ2) is 6.97. The first-order valence-corrected chi connectivity index (χ1v) is 7.57. The van der Waals surface area contributed by atoms with Crippen LogP contribution in [0.25, 0.3) is 21.9 Å². The fourth-order valence-corrected chi connectivity index (χ4v) is 2.32. The minimum Gasteiger partial charge on any atom is -0.423 e. The summed E-state index contributed by atoms with van der Waals surface area (Å²) in [6.45, 7) is 1.35. The first-order valence-electron chi connectivity index (χ1n) is 7.57. The highest BCUT2D eigenvalue weighted by Crippen LogP contribution is 2.12. The van der Waals surface area contributed by atoms with Crippen molar-refractivity contribution in [3.05, 3.63) is 93.1 Å². The average molecular weight is 334 g/mol. The molecule has 2 aromatic carbocycles. The molecule has 0 saturated heterocycles. The van der Waals surface area contributed by atoms with Gasteiger partial charge in [-0.1, -0.05) is 36.4 Å². The molecule has 0 N–H and O–H groups in total. The van der Waals surface area contributed by atoms with Crippen molar-refractivity contribution in [1.82, 2.24) is 0 Å². The summed E-state index contributed by atoms with van der Waals surface area (Å²) >= 11 is 0. The zero-order valence-corrected chi connectivity index (χ0v) is 13.4. The molecule has 0 fully saturated rings. The number of hydrogen-bond donors (Lipinski definition) is 0. The predicted molar refractivity (Wildman–Crippen MR) is 95.0 cm³/mol. The summed E-state index contributed by atoms with van der Waals surface area (Å²) in [7, 11) is 0. The Kier molecular flexibility index (Phi) is 4.57. The van der Waals surface area contributed by atoms with Crippen LogP contribution in [-0.4, -0.2) is 5.78 Å². The van der Waals surface area contributed by atoms with E-state index in [9.17, 15) is 14.4 Å². The van der Waals surface area contributed by atoms with E-state index in [-0.39, 0.29) is 17.0 Å². The lowest BCUT2D eigenvalue weighted by Gasteiger charge is -1.97. The zero-order valence-electron chi connectivity index (χ0n) is 13.4. The fourth-order valence-electron chi connectivity index (χ4n) is 2.32. The summed E-state index contributed by atoms with van der Waals surface area (Å²) in [5.41, 5.74) is 0.367. The fraction of sp³-hybridized carbons (Fsp3) is 0.0500. The third-order valence-electron chi connectivity index (χ3n) is 3.55. The Labute approximate surface area is 142 Å². The summed E-state index contributed by atoms with van der Waals surface area (Å²) in [6, 6.07) is 19.2. The Morgan fingerprint density at radius 2 is 1.36 bits per heavy atom. The number of benzene rings is 2. The third kappa shape index (κ3) is 3.72. The molecule has 0 aliphatic carbocycles. The summed E-state index contributed by atoms with van der Waals surface area (Å²) < 4.78 is 9.88. The highest BCUT2D eigenvalue weighted by atomic mass is 16.4. The van der Waals surface area contributed by atoms with Crippen LogP contribution in [0.4, 0.5) is 0 Å². The van der Waals surface area contributed by atoms with Gasteiger partial charge in [0.2, 0.25) is 0 Å². The van der Waals surface area contributed by atoms with Crippen LogP contribution >= 0.6 is 0 Å². The lowest BCUT2D eigenvalue weighted by molar-refractivity contribution is 0.101. The van der Waals surface area contributed by atoms with Gasteiger partial charge in [0.05, 0.1) is 0 Å². The van der Waals surface area contributed by atoms with Gasteiger partial charge in [0, 0.05) is 16.8 Å². The molecule has 0 atom stereocenters. The van der Waals surface area contributed by atoms with Crippen LogP contribution in [0.3, 0.4) is 0 Å². The van der Waals surface area contributed by atoms with Gasteiger partial charge in [0.25, 0.3) is 0 Å². The molecule has 4 aromatic rings. The molecule has 0 unspecified atom stereocenters. The Morgan fingerprint density at radius 1 is 0.760 bits per heavy atom. The molecule has 124 valence electrons. The first-order chi connectivity index (χ1) is 12.0. The van der Waals surface area contributed by atoms with Crippen LogP contribution in [0.1, 0.15) is 17.3 Å². The van der Waals surface area contributed by atoms with Gasteiger partial charge in [-0.2, -0.15) is 0 Å². The van der Waals surface area contributed by atoms with E-state index >= 15 is 0 Å². The molecular weight excluding hydrogens is 320 g/mol. The molecule has 25 heavy (non-hydrogen) atoms. The molecule has 5 nitrogen and oxygen atoms in total. The normalized spacial score (nSPS) is 10.3. The summed E-state index contributed by atoms with van der Waals surface area (Å²) in [6.07, 6.45) is 0. The van der Waals surface area contributed by atoms with Gasteiger partial charge in [0.15, 0.2) is 5.78 Å². The minimum absolute atomic E-state index is 0.101. The smallest absolute Gasteiger partial charge is 0.347 e. The van der Waals surface area contributed by atoms with Crippen molar-refractivity contribution in [2.75, 3.05) is 0 Å². The maximum atomic E-state index is 11.3. The molecule has 0 aliphatic heterocycles. The molecule has 4 rings (SSSR count). The molecule has 0 radical (unpaired) electrons. The van der Waals surface area contributed by atoms with Crippen molar-refractivity contribution in [2.45, 2.75) is 6.92 Å². The van der Waals surface area contributed by atoms with Gasteiger partial charge < -0.3 is 8.83 Å². The number of fused-ring (bicyclic) bond motifs is 2. The zero-order chi connectivity index (χ0) is 17.8. The number of hydrogen-bond acceptors (Lipinski definition) is 5. The molecule has 2 heterocycles. The van der Waals surface area contributed by atoms with Crippen LogP contribution < -0.4 is 11.3 Å². The summed E-state index contributed by atoms with van der Waals surface area (Å²) in [5.74, 6) is -0.274. The van der Waals surface area contributed by atoms with Crippen molar-refractivity contribution >= 4 is 27.7 Å². The molecule has 0 spiro atoms. The Bertz CT molecular complexity index is 1170. The van der Waals surface area contributed by atoms with Gasteiger partial charge in [-0.15, -0.1) is 0 Å². The number of Topliss-reactive ketones (excluding diaryl/α,β-unsaturated/α-hetero) is 1. The molecular formula is C20H14O5. The van der Waals surface area contributed by atoms with E-state index in [0.717, 1.165) is 10.8 Å². The molecule has 0 amide bonds. The van der Waals surface area contributed by atoms with E-state index in [1.54, 1.807) is 36.4 Å². The second-order valence-corrected chi connectivity index (χ2v) is 5.33. The topological polar surface area (TPSA) is 77.5 Å². The maximum Gasteiger partial charge on any atom is 0.347 e. The van der Waals surface area contributed by atoms with Crippen LogP contribution in [0.15, 0.2) is 85.2 Å². The van der Waals surface area contributed by atoms with Crippen LogP contribution in [0, 0.1) is 0 Å². The predicted octanol–water partition coefficient (Wildman–Crippen LogP) is 3.79. The van der Waals surface area contributed by atoms with Crippen LogP contribution in [0.5, 0.6) is 0 Å². The highest BCUT2D eigenvalue weighted by Gasteiger charge is 2.08. The van der Waals surface area contributed by atoms with Crippen molar-refractivity contribution in [2.24, 2.45) is 0 Å². The van der Waals surface area contributed by atoms with Crippen molar-refractivity contribution in [1.29, 1.82) is 0 Å². The molecule has 2 aromatic heterocycles. The number of rotatable bonds is 1. The first kappa shape index (κ1) is 16.4. The molecule has 0 saturated carbocycles. The molecule has 0 aliphatic rings. The standard InChI is InChI=1S/C11H8O3.C9H6O2/c1-7(12)9-6-8-4-2-3-5-10(8)14-11(9)13;10-9-6-5-7-3-1-2-4-8(7)11-9/h2-6H,1H3;1-6H.